The van der Waals surface area contributed by atoms with Gasteiger partial charge in [0.1, 0.15) is 0 Å². The quantitative estimate of drug-likeness (QED) is 0.497. The van der Waals surface area contributed by atoms with Gasteiger partial charge >= 0.3 is 134 Å². The molecular formula is C18H22SeSn. The van der Waals surface area contributed by atoms with E-state index in [1.54, 1.807) is 4.46 Å². The zero-order valence-electron chi connectivity index (χ0n) is 12.4. The molecule has 0 saturated heterocycles. The van der Waals surface area contributed by atoms with E-state index in [1.807, 2.05) is 0 Å². The van der Waals surface area contributed by atoms with Crippen LogP contribution in [0.25, 0.3) is 0 Å². The SMILES string of the molecule is [CH3][Sn]([CH3])([CH3])[C]1([Se]c2ccccc2)C2C=CC=CC1C=C2. The van der Waals surface area contributed by atoms with Crippen LogP contribution in [0.5, 0.6) is 0 Å². The molecule has 0 amide bonds. The van der Waals surface area contributed by atoms with E-state index in [1.165, 1.54) is 0 Å². The van der Waals surface area contributed by atoms with Gasteiger partial charge in [0, 0.05) is 0 Å². The summed E-state index contributed by atoms with van der Waals surface area (Å²) in [6, 6.07) is 11.2. The Morgan fingerprint density at radius 2 is 1.40 bits per heavy atom. The van der Waals surface area contributed by atoms with Gasteiger partial charge in [-0.05, 0) is 0 Å². The number of hydrogen-bond acceptors (Lipinski definition) is 0. The van der Waals surface area contributed by atoms with Crippen molar-refractivity contribution in [3.8, 4) is 0 Å². The molecule has 0 nitrogen and oxygen atoms in total. The van der Waals surface area contributed by atoms with Crippen LogP contribution in [0.1, 0.15) is 0 Å². The molecule has 1 aromatic rings. The van der Waals surface area contributed by atoms with Gasteiger partial charge < -0.3 is 0 Å². The second-order valence-corrected chi connectivity index (χ2v) is 27.0. The topological polar surface area (TPSA) is 0 Å². The minimum atomic E-state index is -2.14. The van der Waals surface area contributed by atoms with Gasteiger partial charge in [0.15, 0.2) is 0 Å². The Kier molecular flexibility index (Phi) is 4.05. The first-order valence-corrected chi connectivity index (χ1v) is 19.0. The van der Waals surface area contributed by atoms with E-state index < -0.39 is 18.4 Å². The van der Waals surface area contributed by atoms with Gasteiger partial charge in [-0.2, -0.15) is 0 Å². The summed E-state index contributed by atoms with van der Waals surface area (Å²) in [6.45, 7) is 0. The Labute approximate surface area is 133 Å². The van der Waals surface area contributed by atoms with Crippen molar-refractivity contribution >= 4 is 37.8 Å². The van der Waals surface area contributed by atoms with E-state index in [0.29, 0.717) is 29.1 Å². The summed E-state index contributed by atoms with van der Waals surface area (Å²) in [6.07, 6.45) is 14.4. The maximum absolute atomic E-state index is 2.62. The van der Waals surface area contributed by atoms with E-state index in [2.05, 4.69) is 81.6 Å². The van der Waals surface area contributed by atoms with Crippen molar-refractivity contribution in [1.29, 1.82) is 0 Å². The molecule has 0 spiro atoms. The van der Waals surface area contributed by atoms with Gasteiger partial charge in [0.05, 0.1) is 0 Å². The summed E-state index contributed by atoms with van der Waals surface area (Å²) in [5.41, 5.74) is 0. The van der Waals surface area contributed by atoms with Crippen molar-refractivity contribution in [2.75, 3.05) is 0 Å². The Hall–Kier alpha value is -0.242. The summed E-state index contributed by atoms with van der Waals surface area (Å²) in [7, 11) is 0. The zero-order valence-corrected chi connectivity index (χ0v) is 17.0. The van der Waals surface area contributed by atoms with Crippen molar-refractivity contribution in [3.63, 3.8) is 0 Å². The molecule has 2 bridgehead atoms. The van der Waals surface area contributed by atoms with Gasteiger partial charge in [0.2, 0.25) is 0 Å². The maximum atomic E-state index is 2.62. The second-order valence-electron chi connectivity index (χ2n) is 6.66. The van der Waals surface area contributed by atoms with Gasteiger partial charge in [-0.15, -0.1) is 0 Å². The van der Waals surface area contributed by atoms with Crippen LogP contribution < -0.4 is 4.46 Å². The molecular weight excluding hydrogens is 414 g/mol. The van der Waals surface area contributed by atoms with Crippen LogP contribution in [0.3, 0.4) is 0 Å². The first-order valence-electron chi connectivity index (χ1n) is 7.31. The molecule has 0 fully saturated rings. The number of allylic oxidation sites excluding steroid dienone is 6. The third-order valence-corrected chi connectivity index (χ3v) is 26.1. The van der Waals surface area contributed by atoms with Crippen molar-refractivity contribution in [2.45, 2.75) is 17.1 Å². The molecule has 0 aliphatic heterocycles. The predicted molar refractivity (Wildman–Crippen MR) is 92.3 cm³/mol. The number of benzene rings is 1. The van der Waals surface area contributed by atoms with Crippen molar-refractivity contribution in [1.82, 2.24) is 0 Å². The molecule has 2 heteroatoms. The zero-order chi connectivity index (χ0) is 14.2. The summed E-state index contributed by atoms with van der Waals surface area (Å²) in [4.78, 5) is 7.87. The van der Waals surface area contributed by atoms with E-state index in [9.17, 15) is 0 Å². The van der Waals surface area contributed by atoms with E-state index >= 15 is 0 Å². The molecule has 0 heterocycles. The van der Waals surface area contributed by atoms with Gasteiger partial charge in [-0.1, -0.05) is 0 Å². The van der Waals surface area contributed by atoms with Crippen LogP contribution in [-0.2, 0) is 0 Å². The molecule has 1 aromatic carbocycles. The monoisotopic (exact) mass is 438 g/mol. The summed E-state index contributed by atoms with van der Waals surface area (Å²) >= 11 is -1.60. The first-order chi connectivity index (χ1) is 9.54. The fraction of sp³-hybridized carbons (Fsp3) is 0.333. The summed E-state index contributed by atoms with van der Waals surface area (Å²) in [5.74, 6) is 1.30. The number of rotatable bonds is 3. The number of fused-ring (bicyclic) bond motifs is 2. The van der Waals surface area contributed by atoms with E-state index in [-0.39, 0.29) is 0 Å². The Bertz CT molecular complexity index is 541. The van der Waals surface area contributed by atoms with Crippen molar-refractivity contribution < 1.29 is 0 Å². The Balaban J connectivity index is 2.07. The third-order valence-electron chi connectivity index (χ3n) is 4.47. The van der Waals surface area contributed by atoms with E-state index in [4.69, 9.17) is 0 Å². The van der Waals surface area contributed by atoms with Crippen LogP contribution >= 0.6 is 0 Å². The molecule has 2 unspecified atom stereocenters. The van der Waals surface area contributed by atoms with Gasteiger partial charge in [0.25, 0.3) is 0 Å². The van der Waals surface area contributed by atoms with Gasteiger partial charge in [-0.3, -0.25) is 0 Å². The average Bonchev–Trinajstić information content (AvgIpc) is 2.61. The predicted octanol–water partition coefficient (Wildman–Crippen LogP) is 3.98. The summed E-state index contributed by atoms with van der Waals surface area (Å²) in [5, 5.41) is 0. The van der Waals surface area contributed by atoms with Gasteiger partial charge in [-0.25, -0.2) is 0 Å². The molecule has 104 valence electrons. The average molecular weight is 436 g/mol. The first kappa shape index (κ1) is 14.7. The minimum absolute atomic E-state index is 0.520. The van der Waals surface area contributed by atoms with E-state index in [0.717, 1.165) is 0 Å². The number of hydrogen-bond donors (Lipinski definition) is 0. The van der Waals surface area contributed by atoms with Crippen LogP contribution in [0.2, 0.25) is 17.1 Å². The molecule has 0 N–H and O–H groups in total. The molecule has 0 saturated carbocycles. The van der Waals surface area contributed by atoms with Crippen LogP contribution in [0.4, 0.5) is 0 Å². The Morgan fingerprint density at radius 3 is 1.90 bits per heavy atom. The van der Waals surface area contributed by atoms with Crippen LogP contribution in [0.15, 0.2) is 66.8 Å². The fourth-order valence-electron chi connectivity index (χ4n) is 3.50. The molecule has 3 rings (SSSR count). The molecule has 2 aliphatic rings. The standard InChI is InChI=1S/C15H13Se.3CH3.Sn/c1-2-8-14(9-3-1)16-15-12-6-4-5-7-13(15)11-10-12;;;;/h1-13H;3*1H3;. The van der Waals surface area contributed by atoms with Crippen molar-refractivity contribution in [3.05, 3.63) is 66.8 Å². The third kappa shape index (κ3) is 2.38. The molecule has 2 atom stereocenters. The second kappa shape index (κ2) is 5.51. The normalized spacial score (nSPS) is 31.6. The molecule has 0 aromatic heterocycles. The Morgan fingerprint density at radius 1 is 0.850 bits per heavy atom. The molecule has 2 aliphatic carbocycles. The van der Waals surface area contributed by atoms with Crippen LogP contribution in [-0.4, -0.2) is 33.3 Å². The molecule has 0 radical (unpaired) electrons. The van der Waals surface area contributed by atoms with Crippen molar-refractivity contribution in [2.24, 2.45) is 11.8 Å². The molecule has 20 heavy (non-hydrogen) atoms. The van der Waals surface area contributed by atoms with Crippen LogP contribution in [0, 0.1) is 11.8 Å². The fourth-order valence-corrected chi connectivity index (χ4v) is 19.9. The summed E-state index contributed by atoms with van der Waals surface area (Å²) < 4.78 is 2.08.